The van der Waals surface area contributed by atoms with E-state index in [-0.39, 0.29) is 17.9 Å². The quantitative estimate of drug-likeness (QED) is 0.340. The van der Waals surface area contributed by atoms with Gasteiger partial charge in [-0.25, -0.2) is 4.98 Å². The third kappa shape index (κ3) is 4.94. The third-order valence-corrected chi connectivity index (χ3v) is 6.08. The predicted octanol–water partition coefficient (Wildman–Crippen LogP) is 4.54. The molecule has 0 saturated carbocycles. The molecule has 186 valence electrons. The molecule has 0 fully saturated rings. The van der Waals surface area contributed by atoms with Crippen molar-refractivity contribution in [3.63, 3.8) is 0 Å². The van der Waals surface area contributed by atoms with Crippen molar-refractivity contribution in [1.29, 1.82) is 0 Å². The molecule has 0 aliphatic carbocycles. The smallest absolute Gasteiger partial charge is 0.255 e. The maximum Gasteiger partial charge on any atom is 0.255 e. The zero-order valence-electron chi connectivity index (χ0n) is 21.2. The summed E-state index contributed by atoms with van der Waals surface area (Å²) < 4.78 is 5.56. The number of methoxy groups -OCH3 is 1. The fraction of sp³-hybridized carbons (Fsp3) is 0.250. The fourth-order valence-corrected chi connectivity index (χ4v) is 4.14. The summed E-state index contributed by atoms with van der Waals surface area (Å²) >= 11 is 0. The van der Waals surface area contributed by atoms with Gasteiger partial charge in [0.15, 0.2) is 0 Å². The molecule has 2 aromatic carbocycles. The minimum atomic E-state index is -0.384. The number of rotatable bonds is 8. The Hall–Kier alpha value is -4.17. The lowest BCUT2D eigenvalue weighted by molar-refractivity contribution is -0.117. The van der Waals surface area contributed by atoms with E-state index in [1.54, 1.807) is 46.5 Å². The highest BCUT2D eigenvalue weighted by atomic mass is 16.5. The van der Waals surface area contributed by atoms with Crippen molar-refractivity contribution >= 4 is 28.5 Å². The summed E-state index contributed by atoms with van der Waals surface area (Å²) in [5.41, 5.74) is 5.24. The Kier molecular flexibility index (Phi) is 7.36. The highest BCUT2D eigenvalue weighted by Crippen LogP contribution is 2.36. The lowest BCUT2D eigenvalue weighted by Crippen LogP contribution is -2.38. The molecule has 8 nitrogen and oxygen atoms in total. The number of aromatic nitrogens is 2. The maximum atomic E-state index is 13.0. The molecule has 0 bridgehead atoms. The van der Waals surface area contributed by atoms with Crippen molar-refractivity contribution in [2.24, 2.45) is 0 Å². The number of carbonyl (C=O) groups is 2. The largest absolute Gasteiger partial charge is 0.496 e. The van der Waals surface area contributed by atoms with Crippen LogP contribution in [0.2, 0.25) is 0 Å². The number of ether oxygens (including phenoxy) is 1. The zero-order chi connectivity index (χ0) is 25.8. The van der Waals surface area contributed by atoms with Gasteiger partial charge in [-0.3, -0.25) is 9.59 Å². The molecule has 2 heterocycles. The fourth-order valence-electron chi connectivity index (χ4n) is 4.14. The molecular formula is C28H31N5O3. The number of benzene rings is 2. The number of nitrogens with zero attached hydrogens (tertiary/aromatic N) is 2. The Balaban J connectivity index is 1.77. The summed E-state index contributed by atoms with van der Waals surface area (Å²) in [5, 5.41) is 6.92. The van der Waals surface area contributed by atoms with Gasteiger partial charge >= 0.3 is 0 Å². The van der Waals surface area contributed by atoms with Gasteiger partial charge in [-0.1, -0.05) is 31.2 Å². The number of amides is 2. The highest BCUT2D eigenvalue weighted by Gasteiger charge is 2.20. The van der Waals surface area contributed by atoms with E-state index in [0.29, 0.717) is 17.8 Å². The number of hydrogen-bond acceptors (Lipinski definition) is 5. The normalized spacial score (nSPS) is 11.8. The molecule has 2 amide bonds. The minimum absolute atomic E-state index is 0.200. The van der Waals surface area contributed by atoms with E-state index < -0.39 is 0 Å². The topological polar surface area (TPSA) is 99.4 Å². The van der Waals surface area contributed by atoms with Crippen LogP contribution in [0.5, 0.6) is 5.75 Å². The number of fused-ring (bicyclic) bond motifs is 1. The van der Waals surface area contributed by atoms with Gasteiger partial charge in [0.1, 0.15) is 11.4 Å². The van der Waals surface area contributed by atoms with E-state index >= 15 is 0 Å². The number of para-hydroxylation sites is 1. The summed E-state index contributed by atoms with van der Waals surface area (Å²) in [7, 11) is 5.03. The molecule has 3 N–H and O–H groups in total. The standard InChI is InChI=1S/C28H31N5O3/c1-6-29-17(2)27(34)32-24-12-11-18(13-22(24)28(35)33(3)4)19-14-21-23(16-31-26(21)30-15-19)20-9-7-8-10-25(20)36-5/h7-17,29H,6H2,1-5H3,(H,30,31)(H,32,34)/t17-/m0/s1. The first kappa shape index (κ1) is 24.9. The average Bonchev–Trinajstić information content (AvgIpc) is 3.31. The van der Waals surface area contributed by atoms with E-state index in [9.17, 15) is 9.59 Å². The monoisotopic (exact) mass is 485 g/mol. The summed E-state index contributed by atoms with van der Waals surface area (Å²) in [4.78, 5) is 35.0. The number of carbonyl (C=O) groups excluding carboxylic acids is 2. The number of aromatic amines is 1. The van der Waals surface area contributed by atoms with E-state index in [1.807, 2.05) is 49.5 Å². The Morgan fingerprint density at radius 3 is 2.58 bits per heavy atom. The molecular weight excluding hydrogens is 454 g/mol. The molecule has 0 spiro atoms. The number of likely N-dealkylation sites (N-methyl/N-ethyl adjacent to an activating group) is 1. The van der Waals surface area contributed by atoms with E-state index in [1.165, 1.54) is 4.90 Å². The van der Waals surface area contributed by atoms with Crippen molar-refractivity contribution in [3.8, 4) is 28.0 Å². The van der Waals surface area contributed by atoms with Gasteiger partial charge < -0.3 is 25.3 Å². The summed E-state index contributed by atoms with van der Waals surface area (Å²) in [6.07, 6.45) is 3.69. The molecule has 0 aliphatic rings. The lowest BCUT2D eigenvalue weighted by atomic mass is 9.99. The molecule has 36 heavy (non-hydrogen) atoms. The Morgan fingerprint density at radius 2 is 1.86 bits per heavy atom. The van der Waals surface area contributed by atoms with Crippen LogP contribution in [0.1, 0.15) is 24.2 Å². The van der Waals surface area contributed by atoms with Crippen LogP contribution in [0.15, 0.2) is 60.9 Å². The predicted molar refractivity (Wildman–Crippen MR) is 143 cm³/mol. The first-order chi connectivity index (χ1) is 17.3. The van der Waals surface area contributed by atoms with Crippen LogP contribution in [0.4, 0.5) is 5.69 Å². The summed E-state index contributed by atoms with van der Waals surface area (Å²) in [6.45, 7) is 4.40. The van der Waals surface area contributed by atoms with Gasteiger partial charge in [-0.05, 0) is 43.3 Å². The maximum absolute atomic E-state index is 13.0. The number of H-pyrrole nitrogens is 1. The SMILES string of the molecule is CCN[C@@H](C)C(=O)Nc1ccc(-c2cnc3[nH]cc(-c4ccccc4OC)c3c2)cc1C(=O)N(C)C. The highest BCUT2D eigenvalue weighted by molar-refractivity contribution is 6.06. The Bertz CT molecular complexity index is 1410. The van der Waals surface area contributed by atoms with Crippen LogP contribution in [0, 0.1) is 0 Å². The van der Waals surface area contributed by atoms with Crippen LogP contribution in [-0.2, 0) is 4.79 Å². The van der Waals surface area contributed by atoms with Crippen LogP contribution < -0.4 is 15.4 Å². The van der Waals surface area contributed by atoms with Crippen molar-refractivity contribution in [3.05, 3.63) is 66.5 Å². The molecule has 0 radical (unpaired) electrons. The van der Waals surface area contributed by atoms with Gasteiger partial charge in [0.05, 0.1) is 24.4 Å². The summed E-state index contributed by atoms with van der Waals surface area (Å²) in [5.74, 6) is 0.373. The van der Waals surface area contributed by atoms with E-state index in [2.05, 4.69) is 20.6 Å². The molecule has 4 rings (SSSR count). The number of anilines is 1. The van der Waals surface area contributed by atoms with Crippen LogP contribution in [0.25, 0.3) is 33.3 Å². The van der Waals surface area contributed by atoms with Crippen molar-refractivity contribution < 1.29 is 14.3 Å². The average molecular weight is 486 g/mol. The second kappa shape index (κ2) is 10.6. The molecule has 8 heteroatoms. The van der Waals surface area contributed by atoms with E-state index in [4.69, 9.17) is 4.74 Å². The molecule has 4 aromatic rings. The molecule has 0 unspecified atom stereocenters. The van der Waals surface area contributed by atoms with Gasteiger partial charge in [-0.15, -0.1) is 0 Å². The van der Waals surface area contributed by atoms with Gasteiger partial charge in [0, 0.05) is 48.6 Å². The van der Waals surface area contributed by atoms with E-state index in [0.717, 1.165) is 39.0 Å². The van der Waals surface area contributed by atoms with Crippen molar-refractivity contribution in [2.45, 2.75) is 19.9 Å². The number of pyridine rings is 1. The first-order valence-electron chi connectivity index (χ1n) is 11.8. The first-order valence-corrected chi connectivity index (χ1v) is 11.8. The lowest BCUT2D eigenvalue weighted by Gasteiger charge is -2.18. The number of nitrogens with one attached hydrogen (secondary N) is 3. The molecule has 1 atom stereocenters. The van der Waals surface area contributed by atoms with Gasteiger partial charge in [0.2, 0.25) is 5.91 Å². The van der Waals surface area contributed by atoms with Gasteiger partial charge in [0.25, 0.3) is 5.91 Å². The van der Waals surface area contributed by atoms with Crippen molar-refractivity contribution in [1.82, 2.24) is 20.2 Å². The molecule has 0 aliphatic heterocycles. The van der Waals surface area contributed by atoms with Crippen LogP contribution in [0.3, 0.4) is 0 Å². The third-order valence-electron chi connectivity index (χ3n) is 6.08. The number of hydrogen-bond donors (Lipinski definition) is 3. The molecule has 2 aromatic heterocycles. The second-order valence-electron chi connectivity index (χ2n) is 8.75. The van der Waals surface area contributed by atoms with Crippen LogP contribution in [-0.4, -0.2) is 60.5 Å². The molecule has 0 saturated heterocycles. The van der Waals surface area contributed by atoms with Crippen LogP contribution >= 0.6 is 0 Å². The van der Waals surface area contributed by atoms with Gasteiger partial charge in [-0.2, -0.15) is 0 Å². The second-order valence-corrected chi connectivity index (χ2v) is 8.75. The zero-order valence-corrected chi connectivity index (χ0v) is 21.2. The Labute approximate surface area is 210 Å². The summed E-state index contributed by atoms with van der Waals surface area (Å²) in [6, 6.07) is 15.0. The van der Waals surface area contributed by atoms with Crippen molar-refractivity contribution in [2.75, 3.05) is 33.1 Å². The Morgan fingerprint density at radius 1 is 1.08 bits per heavy atom. The minimum Gasteiger partial charge on any atom is -0.496 e.